The molecule has 0 fully saturated rings. The molecular weight excluding hydrogens is 496 g/mol. The first-order chi connectivity index (χ1) is 18.9. The summed E-state index contributed by atoms with van der Waals surface area (Å²) in [6.45, 7) is 7.35. The van der Waals surface area contributed by atoms with Crippen molar-refractivity contribution in [3.63, 3.8) is 0 Å². The van der Waals surface area contributed by atoms with Gasteiger partial charge in [-0.2, -0.15) is 0 Å². The number of quaternary nitrogens is 1. The number of carbonyl (C=O) groups is 2. The van der Waals surface area contributed by atoms with Crippen molar-refractivity contribution in [3.05, 3.63) is 101 Å². The van der Waals surface area contributed by atoms with Crippen molar-refractivity contribution >= 4 is 11.9 Å². The molecule has 1 amide bonds. The molecule has 204 valence electrons. The first kappa shape index (κ1) is 27.7. The summed E-state index contributed by atoms with van der Waals surface area (Å²) in [4.78, 5) is 26.5. The van der Waals surface area contributed by atoms with Gasteiger partial charge in [-0.15, -0.1) is 0 Å². The van der Waals surface area contributed by atoms with Crippen LogP contribution in [0, 0.1) is 0 Å². The van der Waals surface area contributed by atoms with Gasteiger partial charge in [-0.05, 0) is 48.4 Å². The summed E-state index contributed by atoms with van der Waals surface area (Å²) < 4.78 is 16.0. The van der Waals surface area contributed by atoms with Gasteiger partial charge in [0, 0.05) is 16.7 Å². The van der Waals surface area contributed by atoms with E-state index in [-0.39, 0.29) is 30.1 Å². The number of benzene rings is 3. The standard InChI is InChI=1S/C31H34N2O6/c1-4-8-26(21-11-14-24(37-3)15-12-21)32-30(34)25-10-7-6-9-22(25)18-33(17-5-2)19-23-13-16-27-29(39-20-38-27)28(23)31(35)36/h5-7,9-16,26H,2,4,8,17-20H2,1,3H3,(H,32,34)(H,35,36)/t26-/m0/s1. The Morgan fingerprint density at radius 3 is 2.51 bits per heavy atom. The lowest BCUT2D eigenvalue weighted by Gasteiger charge is -2.23. The van der Waals surface area contributed by atoms with Crippen LogP contribution in [0.5, 0.6) is 17.2 Å². The first-order valence-electron chi connectivity index (χ1n) is 13.0. The van der Waals surface area contributed by atoms with E-state index in [9.17, 15) is 14.7 Å². The molecule has 2 atom stereocenters. The molecule has 1 unspecified atom stereocenters. The third kappa shape index (κ3) is 6.59. The predicted molar refractivity (Wildman–Crippen MR) is 145 cm³/mol. The number of hydrogen-bond acceptors (Lipinski definition) is 6. The Bertz CT molecular complexity index is 1320. The number of methoxy groups -OCH3 is 1. The molecule has 4 rings (SSSR count). The number of nitrogens with one attached hydrogen (secondary N) is 2. The number of fused-ring (bicyclic) bond motifs is 1. The molecule has 8 nitrogen and oxygen atoms in total. The summed E-state index contributed by atoms with van der Waals surface area (Å²) in [5, 5.41) is 15.2. The van der Waals surface area contributed by atoms with Crippen LogP contribution in [-0.4, -0.2) is 32.3 Å². The second-order valence-electron chi connectivity index (χ2n) is 9.46. The van der Waals surface area contributed by atoms with Gasteiger partial charge < -0.3 is 34.3 Å². The third-order valence-electron chi connectivity index (χ3n) is 6.81. The van der Waals surface area contributed by atoms with Crippen molar-refractivity contribution in [2.45, 2.75) is 38.9 Å². The molecule has 0 saturated carbocycles. The van der Waals surface area contributed by atoms with E-state index >= 15 is 0 Å². The van der Waals surface area contributed by atoms with Crippen LogP contribution in [0.2, 0.25) is 0 Å². The van der Waals surface area contributed by atoms with Crippen LogP contribution >= 0.6 is 0 Å². The normalized spacial score (nSPS) is 13.4. The van der Waals surface area contributed by atoms with Gasteiger partial charge in [0.2, 0.25) is 6.79 Å². The van der Waals surface area contributed by atoms with Crippen molar-refractivity contribution in [2.24, 2.45) is 0 Å². The molecule has 3 aromatic carbocycles. The lowest BCUT2D eigenvalue weighted by Crippen LogP contribution is -3.09. The average Bonchev–Trinajstić information content (AvgIpc) is 3.42. The highest BCUT2D eigenvalue weighted by atomic mass is 16.7. The van der Waals surface area contributed by atoms with Gasteiger partial charge in [0.25, 0.3) is 5.91 Å². The van der Waals surface area contributed by atoms with Crippen LogP contribution in [0.25, 0.3) is 0 Å². The molecule has 0 radical (unpaired) electrons. The summed E-state index contributed by atoms with van der Waals surface area (Å²) >= 11 is 0. The first-order valence-corrected chi connectivity index (χ1v) is 13.0. The van der Waals surface area contributed by atoms with Gasteiger partial charge in [-0.25, -0.2) is 0 Å². The molecule has 0 spiro atoms. The van der Waals surface area contributed by atoms with Crippen LogP contribution in [0.4, 0.5) is 0 Å². The largest absolute Gasteiger partial charge is 0.545 e. The van der Waals surface area contributed by atoms with Crippen LogP contribution in [0.3, 0.4) is 0 Å². The van der Waals surface area contributed by atoms with Gasteiger partial charge >= 0.3 is 0 Å². The molecular formula is C31H34N2O6. The average molecular weight is 531 g/mol. The number of aromatic carboxylic acids is 1. The number of carboxylic acids is 1. The fourth-order valence-corrected chi connectivity index (χ4v) is 4.91. The zero-order valence-electron chi connectivity index (χ0n) is 22.3. The maximum Gasteiger partial charge on any atom is 0.252 e. The second-order valence-corrected chi connectivity index (χ2v) is 9.46. The molecule has 1 aliphatic heterocycles. The maximum atomic E-state index is 13.5. The Labute approximate surface area is 228 Å². The van der Waals surface area contributed by atoms with E-state index in [1.54, 1.807) is 25.3 Å². The van der Waals surface area contributed by atoms with Gasteiger partial charge in [-0.1, -0.05) is 50.3 Å². The van der Waals surface area contributed by atoms with E-state index in [2.05, 4.69) is 18.8 Å². The highest BCUT2D eigenvalue weighted by Crippen LogP contribution is 2.37. The SMILES string of the molecule is C=CC[NH+](Cc1ccccc1C(=O)N[C@@H](CCC)c1ccc(OC)cc1)Cc1ccc2c(c1C(=O)[O-])OCO2. The molecule has 3 aromatic rings. The minimum atomic E-state index is -1.31. The van der Waals surface area contributed by atoms with Crippen LogP contribution < -0.4 is 29.5 Å². The van der Waals surface area contributed by atoms with E-state index < -0.39 is 5.97 Å². The summed E-state index contributed by atoms with van der Waals surface area (Å²) in [6, 6.07) is 18.5. The monoisotopic (exact) mass is 530 g/mol. The van der Waals surface area contributed by atoms with Crippen molar-refractivity contribution in [1.29, 1.82) is 0 Å². The number of ether oxygens (including phenoxy) is 3. The molecule has 8 heteroatoms. The zero-order valence-corrected chi connectivity index (χ0v) is 22.3. The van der Waals surface area contributed by atoms with E-state index in [1.165, 1.54) is 0 Å². The number of amides is 1. The molecule has 0 bridgehead atoms. The van der Waals surface area contributed by atoms with Crippen LogP contribution in [0.15, 0.2) is 73.3 Å². The van der Waals surface area contributed by atoms with Crippen molar-refractivity contribution in [2.75, 3.05) is 20.4 Å². The third-order valence-corrected chi connectivity index (χ3v) is 6.81. The smallest absolute Gasteiger partial charge is 0.252 e. The number of rotatable bonds is 13. The Hall–Kier alpha value is -4.30. The fraction of sp³-hybridized carbons (Fsp3) is 0.290. The maximum absolute atomic E-state index is 13.5. The van der Waals surface area contributed by atoms with Crippen LogP contribution in [0.1, 0.15) is 63.2 Å². The molecule has 0 saturated heterocycles. The lowest BCUT2D eigenvalue weighted by atomic mass is 10.00. The molecule has 39 heavy (non-hydrogen) atoms. The van der Waals surface area contributed by atoms with Crippen molar-refractivity contribution in [1.82, 2.24) is 5.32 Å². The second kappa shape index (κ2) is 13.0. The summed E-state index contributed by atoms with van der Waals surface area (Å²) in [5.41, 5.74) is 3.02. The highest BCUT2D eigenvalue weighted by Gasteiger charge is 2.25. The van der Waals surface area contributed by atoms with E-state index in [1.807, 2.05) is 48.5 Å². The molecule has 1 aliphatic rings. The van der Waals surface area contributed by atoms with E-state index in [4.69, 9.17) is 14.2 Å². The molecule has 0 aliphatic carbocycles. The van der Waals surface area contributed by atoms with Gasteiger partial charge in [0.1, 0.15) is 18.8 Å². The quantitative estimate of drug-likeness (QED) is 0.330. The topological polar surface area (TPSA) is 101 Å². The van der Waals surface area contributed by atoms with Gasteiger partial charge in [-0.3, -0.25) is 4.79 Å². The summed E-state index contributed by atoms with van der Waals surface area (Å²) in [5.74, 6) is -0.114. The van der Waals surface area contributed by atoms with Gasteiger partial charge in [0.15, 0.2) is 11.5 Å². The Kier molecular flexibility index (Phi) is 9.22. The number of hydrogen-bond donors (Lipinski definition) is 2. The van der Waals surface area contributed by atoms with Crippen molar-refractivity contribution < 1.29 is 33.8 Å². The Morgan fingerprint density at radius 1 is 1.08 bits per heavy atom. The minimum absolute atomic E-state index is 0.000473. The lowest BCUT2D eigenvalue weighted by molar-refractivity contribution is -0.921. The van der Waals surface area contributed by atoms with E-state index in [0.29, 0.717) is 36.5 Å². The molecule has 0 aromatic heterocycles. The Balaban J connectivity index is 1.56. The number of carbonyl (C=O) groups excluding carboxylic acids is 2. The van der Waals surface area contributed by atoms with Crippen molar-refractivity contribution in [3.8, 4) is 17.2 Å². The Morgan fingerprint density at radius 2 is 1.82 bits per heavy atom. The number of carboxylic acid groups (broad SMARTS) is 1. The molecule has 2 N–H and O–H groups in total. The highest BCUT2D eigenvalue weighted by molar-refractivity contribution is 5.96. The predicted octanol–water partition coefficient (Wildman–Crippen LogP) is 2.83. The summed E-state index contributed by atoms with van der Waals surface area (Å²) in [6.07, 6.45) is 3.49. The zero-order chi connectivity index (χ0) is 27.8. The van der Waals surface area contributed by atoms with Crippen LogP contribution in [-0.2, 0) is 13.1 Å². The summed E-state index contributed by atoms with van der Waals surface area (Å²) in [7, 11) is 1.63. The minimum Gasteiger partial charge on any atom is -0.545 e. The van der Waals surface area contributed by atoms with E-state index in [0.717, 1.165) is 34.6 Å². The molecule has 1 heterocycles. The fourth-order valence-electron chi connectivity index (χ4n) is 4.91. The van der Waals surface area contributed by atoms with Gasteiger partial charge in [0.05, 0.1) is 31.2 Å².